The molecule has 0 aliphatic carbocycles. The van der Waals surface area contributed by atoms with E-state index in [9.17, 15) is 13.2 Å². The van der Waals surface area contributed by atoms with E-state index < -0.39 is 9.84 Å². The smallest absolute Gasteiger partial charge is 0.317 e. The summed E-state index contributed by atoms with van der Waals surface area (Å²) < 4.78 is 24.2. The van der Waals surface area contributed by atoms with E-state index in [0.29, 0.717) is 19.5 Å². The lowest BCUT2D eigenvalue weighted by atomic mass is 10.2. The standard InChI is InChI=1S/C16H20N4O3S2/c21-15(17-12-5-10-25(22,23)11-12)19-6-8-20(9-7-19)16-18-13-3-1-2-4-14(13)24-16/h1-4,12H,5-11H2,(H,17,21)/t12-/m1/s1. The van der Waals surface area contributed by atoms with Crippen LogP contribution in [0.4, 0.5) is 9.93 Å². The maximum absolute atomic E-state index is 12.3. The topological polar surface area (TPSA) is 82.6 Å². The highest BCUT2D eigenvalue weighted by Crippen LogP contribution is 2.29. The first-order valence-corrected chi connectivity index (χ1v) is 11.0. The number of nitrogens with one attached hydrogen (secondary N) is 1. The summed E-state index contributed by atoms with van der Waals surface area (Å²) in [5, 5.41) is 3.85. The van der Waals surface area contributed by atoms with Gasteiger partial charge in [-0.2, -0.15) is 0 Å². The van der Waals surface area contributed by atoms with Crippen LogP contribution >= 0.6 is 11.3 Å². The minimum Gasteiger partial charge on any atom is -0.345 e. The van der Waals surface area contributed by atoms with Crippen molar-refractivity contribution in [3.05, 3.63) is 24.3 Å². The lowest BCUT2D eigenvalue weighted by molar-refractivity contribution is 0.191. The van der Waals surface area contributed by atoms with Gasteiger partial charge in [-0.3, -0.25) is 0 Å². The molecule has 7 nitrogen and oxygen atoms in total. The first kappa shape index (κ1) is 16.6. The molecule has 0 saturated carbocycles. The maximum Gasteiger partial charge on any atom is 0.317 e. The highest BCUT2D eigenvalue weighted by atomic mass is 32.2. The quantitative estimate of drug-likeness (QED) is 0.850. The van der Waals surface area contributed by atoms with Crippen molar-refractivity contribution in [2.24, 2.45) is 0 Å². The van der Waals surface area contributed by atoms with Crippen LogP contribution in [0.3, 0.4) is 0 Å². The third-order valence-corrected chi connectivity index (χ3v) is 7.55. The normalized spacial score (nSPS) is 23.1. The highest BCUT2D eigenvalue weighted by molar-refractivity contribution is 7.91. The molecule has 1 aromatic carbocycles. The van der Waals surface area contributed by atoms with E-state index in [1.807, 2.05) is 18.2 Å². The lowest BCUT2D eigenvalue weighted by Crippen LogP contribution is -2.53. The average Bonchev–Trinajstić information content (AvgIpc) is 3.18. The lowest BCUT2D eigenvalue weighted by Gasteiger charge is -2.35. The Hall–Kier alpha value is -1.87. The monoisotopic (exact) mass is 380 g/mol. The highest BCUT2D eigenvalue weighted by Gasteiger charge is 2.31. The molecule has 134 valence electrons. The number of thiazole rings is 1. The van der Waals surface area contributed by atoms with Gasteiger partial charge < -0.3 is 15.1 Å². The van der Waals surface area contributed by atoms with Crippen molar-refractivity contribution in [2.45, 2.75) is 12.5 Å². The molecule has 4 rings (SSSR count). The van der Waals surface area contributed by atoms with Crippen molar-refractivity contribution in [2.75, 3.05) is 42.6 Å². The Morgan fingerprint density at radius 3 is 2.64 bits per heavy atom. The molecule has 1 atom stereocenters. The Balaban J connectivity index is 1.34. The number of para-hydroxylation sites is 1. The van der Waals surface area contributed by atoms with Crippen molar-refractivity contribution in [1.29, 1.82) is 0 Å². The number of amides is 2. The van der Waals surface area contributed by atoms with Gasteiger partial charge >= 0.3 is 6.03 Å². The van der Waals surface area contributed by atoms with Crippen LogP contribution in [0.15, 0.2) is 24.3 Å². The number of rotatable bonds is 2. The summed E-state index contributed by atoms with van der Waals surface area (Å²) in [6.45, 7) is 2.69. The number of fused-ring (bicyclic) bond motifs is 1. The molecule has 9 heteroatoms. The van der Waals surface area contributed by atoms with Crippen LogP contribution in [-0.4, -0.2) is 68.1 Å². The molecule has 1 N–H and O–H groups in total. The van der Waals surface area contributed by atoms with Gasteiger partial charge in [0.1, 0.15) is 0 Å². The van der Waals surface area contributed by atoms with Crippen LogP contribution in [0.2, 0.25) is 0 Å². The molecule has 0 bridgehead atoms. The zero-order valence-corrected chi connectivity index (χ0v) is 15.4. The molecular weight excluding hydrogens is 360 g/mol. The Morgan fingerprint density at radius 1 is 1.20 bits per heavy atom. The second-order valence-corrected chi connectivity index (χ2v) is 9.73. The van der Waals surface area contributed by atoms with Gasteiger partial charge in [0.25, 0.3) is 0 Å². The summed E-state index contributed by atoms with van der Waals surface area (Å²) in [4.78, 5) is 21.0. The Morgan fingerprint density at radius 2 is 1.96 bits per heavy atom. The number of hydrogen-bond acceptors (Lipinski definition) is 6. The number of hydrogen-bond donors (Lipinski definition) is 1. The summed E-state index contributed by atoms with van der Waals surface area (Å²) in [5.41, 5.74) is 1.00. The summed E-state index contributed by atoms with van der Waals surface area (Å²) in [7, 11) is -2.98. The van der Waals surface area contributed by atoms with Crippen LogP contribution < -0.4 is 10.2 Å². The first-order valence-electron chi connectivity index (χ1n) is 8.36. The fraction of sp³-hybridized carbons (Fsp3) is 0.500. The third-order valence-electron chi connectivity index (χ3n) is 4.68. The van der Waals surface area contributed by atoms with Gasteiger partial charge in [-0.1, -0.05) is 23.5 Å². The van der Waals surface area contributed by atoms with Crippen molar-refractivity contribution in [3.63, 3.8) is 0 Å². The molecule has 0 spiro atoms. The van der Waals surface area contributed by atoms with Gasteiger partial charge in [0.05, 0.1) is 21.7 Å². The molecule has 0 unspecified atom stereocenters. The molecule has 25 heavy (non-hydrogen) atoms. The molecule has 0 radical (unpaired) electrons. The van der Waals surface area contributed by atoms with E-state index in [0.717, 1.165) is 23.7 Å². The fourth-order valence-corrected chi connectivity index (χ4v) is 5.96. The zero-order valence-electron chi connectivity index (χ0n) is 13.7. The van der Waals surface area contributed by atoms with E-state index in [4.69, 9.17) is 0 Å². The first-order chi connectivity index (χ1) is 12.0. The summed E-state index contributed by atoms with van der Waals surface area (Å²) >= 11 is 1.67. The SMILES string of the molecule is O=C(N[C@@H]1CCS(=O)(=O)C1)N1CCN(c2nc3ccccc3s2)CC1. The molecule has 2 saturated heterocycles. The fourth-order valence-electron chi connectivity index (χ4n) is 3.27. The molecule has 2 aromatic rings. The van der Waals surface area contributed by atoms with Crippen LogP contribution in [0.5, 0.6) is 0 Å². The van der Waals surface area contributed by atoms with Gasteiger partial charge in [0, 0.05) is 32.2 Å². The molecule has 2 aliphatic rings. The predicted molar refractivity (Wildman–Crippen MR) is 99.0 cm³/mol. The molecule has 2 amide bonds. The molecule has 1 aromatic heterocycles. The van der Waals surface area contributed by atoms with E-state index in [1.165, 1.54) is 4.70 Å². The van der Waals surface area contributed by atoms with Crippen LogP contribution in [0, 0.1) is 0 Å². The van der Waals surface area contributed by atoms with Crippen molar-refractivity contribution < 1.29 is 13.2 Å². The van der Waals surface area contributed by atoms with Gasteiger partial charge in [-0.15, -0.1) is 0 Å². The number of aromatic nitrogens is 1. The van der Waals surface area contributed by atoms with Gasteiger partial charge in [-0.05, 0) is 18.6 Å². The number of nitrogens with zero attached hydrogens (tertiary/aromatic N) is 3. The average molecular weight is 380 g/mol. The van der Waals surface area contributed by atoms with E-state index in [1.54, 1.807) is 16.2 Å². The van der Waals surface area contributed by atoms with Crippen molar-refractivity contribution in [1.82, 2.24) is 15.2 Å². The molecule has 2 fully saturated rings. The number of sulfone groups is 1. The van der Waals surface area contributed by atoms with Crippen LogP contribution in [-0.2, 0) is 9.84 Å². The number of anilines is 1. The molecular formula is C16H20N4O3S2. The second kappa shape index (κ2) is 6.45. The number of benzene rings is 1. The number of urea groups is 1. The number of piperazine rings is 1. The van der Waals surface area contributed by atoms with E-state index >= 15 is 0 Å². The predicted octanol–water partition coefficient (Wildman–Crippen LogP) is 1.32. The Labute approximate surface area is 150 Å². The molecule has 2 aliphatic heterocycles. The molecule has 3 heterocycles. The second-order valence-electron chi connectivity index (χ2n) is 6.49. The zero-order chi connectivity index (χ0) is 17.4. The Kier molecular flexibility index (Phi) is 4.28. The van der Waals surface area contributed by atoms with Gasteiger partial charge in [0.2, 0.25) is 0 Å². The van der Waals surface area contributed by atoms with Crippen LogP contribution in [0.25, 0.3) is 10.2 Å². The van der Waals surface area contributed by atoms with E-state index in [-0.39, 0.29) is 23.6 Å². The van der Waals surface area contributed by atoms with Crippen molar-refractivity contribution >= 4 is 42.6 Å². The Bertz CT molecular complexity index is 855. The summed E-state index contributed by atoms with van der Waals surface area (Å²) in [6, 6.07) is 7.66. The van der Waals surface area contributed by atoms with Gasteiger partial charge in [-0.25, -0.2) is 18.2 Å². The van der Waals surface area contributed by atoms with Crippen molar-refractivity contribution in [3.8, 4) is 0 Å². The number of carbonyl (C=O) groups excluding carboxylic acids is 1. The minimum atomic E-state index is -2.98. The number of carbonyl (C=O) groups is 1. The largest absolute Gasteiger partial charge is 0.345 e. The third kappa shape index (κ3) is 3.57. The summed E-state index contributed by atoms with van der Waals surface area (Å²) in [6.07, 6.45) is 0.514. The van der Waals surface area contributed by atoms with E-state index in [2.05, 4.69) is 21.3 Å². The maximum atomic E-state index is 12.3. The minimum absolute atomic E-state index is 0.0599. The summed E-state index contributed by atoms with van der Waals surface area (Å²) in [5.74, 6) is 0.230. The van der Waals surface area contributed by atoms with Gasteiger partial charge in [0.15, 0.2) is 15.0 Å². The van der Waals surface area contributed by atoms with Crippen LogP contribution in [0.1, 0.15) is 6.42 Å².